The molecular weight excluding hydrogens is 244 g/mol. The van der Waals surface area contributed by atoms with Gasteiger partial charge in [-0.05, 0) is 50.2 Å². The van der Waals surface area contributed by atoms with E-state index in [2.05, 4.69) is 10.3 Å². The lowest BCUT2D eigenvalue weighted by molar-refractivity contribution is 0.0696. The smallest absolute Gasteiger partial charge is 0.339 e. The molecule has 0 aliphatic heterocycles. The quantitative estimate of drug-likeness (QED) is 0.767. The van der Waals surface area contributed by atoms with Gasteiger partial charge in [-0.1, -0.05) is 0 Å². The highest BCUT2D eigenvalue weighted by Gasteiger charge is 2.37. The Labute approximate surface area is 111 Å². The molecule has 2 aliphatic rings. The van der Waals surface area contributed by atoms with E-state index in [1.165, 1.54) is 0 Å². The average Bonchev–Trinajstić information content (AvgIpc) is 2.79. The molecule has 1 aromatic heterocycles. The number of fused-ring (bicyclic) bond motifs is 1. The Bertz CT molecular complexity index is 518. The van der Waals surface area contributed by atoms with Crippen molar-refractivity contribution in [2.24, 2.45) is 0 Å². The highest BCUT2D eigenvalue weighted by molar-refractivity contribution is 5.93. The van der Waals surface area contributed by atoms with Crippen molar-refractivity contribution >= 4 is 11.8 Å². The number of hydrogen-bond acceptors (Lipinski definition) is 4. The van der Waals surface area contributed by atoms with E-state index in [1.807, 2.05) is 0 Å². The number of rotatable bonds is 4. The predicted octanol–water partition coefficient (Wildman–Crippen LogP) is 1.60. The Morgan fingerprint density at radius 2 is 2.16 bits per heavy atom. The summed E-state index contributed by atoms with van der Waals surface area (Å²) in [5.74, 6) is -0.543. The van der Waals surface area contributed by atoms with Crippen LogP contribution < -0.4 is 5.32 Å². The second-order valence-electron chi connectivity index (χ2n) is 5.57. The van der Waals surface area contributed by atoms with Crippen molar-refractivity contribution in [1.29, 1.82) is 0 Å². The Balaban J connectivity index is 1.97. The lowest BCUT2D eigenvalue weighted by atomic mass is 9.77. The van der Waals surface area contributed by atoms with Crippen LogP contribution in [0.1, 0.15) is 47.3 Å². The van der Waals surface area contributed by atoms with E-state index in [-0.39, 0.29) is 17.7 Å². The van der Waals surface area contributed by atoms with Crippen molar-refractivity contribution in [3.8, 4) is 0 Å². The number of nitrogens with zero attached hydrogens (tertiary/aromatic N) is 1. The summed E-state index contributed by atoms with van der Waals surface area (Å²) < 4.78 is 0. The summed E-state index contributed by atoms with van der Waals surface area (Å²) in [6.45, 7) is 0.0187. The first-order valence-corrected chi connectivity index (χ1v) is 6.79. The minimum absolute atomic E-state index is 0.0187. The van der Waals surface area contributed by atoms with E-state index < -0.39 is 5.97 Å². The van der Waals surface area contributed by atoms with Crippen LogP contribution in [0.2, 0.25) is 0 Å². The Hall–Kier alpha value is -1.62. The Kier molecular flexibility index (Phi) is 2.93. The van der Waals surface area contributed by atoms with Gasteiger partial charge in [0.15, 0.2) is 0 Å². The molecule has 19 heavy (non-hydrogen) atoms. The second kappa shape index (κ2) is 4.49. The fourth-order valence-corrected chi connectivity index (χ4v) is 2.91. The SMILES string of the molecule is O=C(O)c1cc2c(nc1NC1(CO)CCC1)CCC2. The molecule has 0 atom stereocenters. The molecule has 1 saturated carbocycles. The number of anilines is 1. The maximum atomic E-state index is 11.4. The topological polar surface area (TPSA) is 82.5 Å². The minimum atomic E-state index is -0.961. The van der Waals surface area contributed by atoms with Gasteiger partial charge < -0.3 is 15.5 Å². The number of pyridine rings is 1. The van der Waals surface area contributed by atoms with E-state index in [9.17, 15) is 15.0 Å². The van der Waals surface area contributed by atoms with Gasteiger partial charge in [0, 0.05) is 5.69 Å². The van der Waals surface area contributed by atoms with Crippen LogP contribution in [0.5, 0.6) is 0 Å². The van der Waals surface area contributed by atoms with Crippen LogP contribution in [0.3, 0.4) is 0 Å². The van der Waals surface area contributed by atoms with Crippen molar-refractivity contribution in [2.75, 3.05) is 11.9 Å². The number of aryl methyl sites for hydroxylation is 2. The number of hydrogen-bond donors (Lipinski definition) is 3. The summed E-state index contributed by atoms with van der Waals surface area (Å²) >= 11 is 0. The highest BCUT2D eigenvalue weighted by Crippen LogP contribution is 2.36. The predicted molar refractivity (Wildman–Crippen MR) is 70.5 cm³/mol. The zero-order valence-electron chi connectivity index (χ0n) is 10.8. The van der Waals surface area contributed by atoms with Crippen LogP contribution in [-0.4, -0.2) is 33.3 Å². The highest BCUT2D eigenvalue weighted by atomic mass is 16.4. The lowest BCUT2D eigenvalue weighted by Crippen LogP contribution is -2.48. The van der Waals surface area contributed by atoms with Gasteiger partial charge in [0.05, 0.1) is 12.1 Å². The Morgan fingerprint density at radius 3 is 2.74 bits per heavy atom. The van der Waals surface area contributed by atoms with Crippen LogP contribution in [0, 0.1) is 0 Å². The molecule has 1 fully saturated rings. The number of aromatic carboxylic acids is 1. The zero-order chi connectivity index (χ0) is 13.5. The van der Waals surface area contributed by atoms with Gasteiger partial charge in [-0.25, -0.2) is 9.78 Å². The van der Waals surface area contributed by atoms with Gasteiger partial charge in [0.2, 0.25) is 0 Å². The van der Waals surface area contributed by atoms with Crippen molar-refractivity contribution in [1.82, 2.24) is 4.98 Å². The monoisotopic (exact) mass is 262 g/mol. The molecule has 0 amide bonds. The molecule has 5 nitrogen and oxygen atoms in total. The normalized spacial score (nSPS) is 19.6. The number of aliphatic hydroxyl groups is 1. The first kappa shape index (κ1) is 12.4. The van der Waals surface area contributed by atoms with Gasteiger partial charge in [0.1, 0.15) is 11.4 Å². The van der Waals surface area contributed by atoms with E-state index >= 15 is 0 Å². The zero-order valence-corrected chi connectivity index (χ0v) is 10.8. The molecular formula is C14H18N2O3. The molecule has 0 bridgehead atoms. The van der Waals surface area contributed by atoms with Crippen LogP contribution in [0.15, 0.2) is 6.07 Å². The Morgan fingerprint density at radius 1 is 1.37 bits per heavy atom. The molecule has 2 aliphatic carbocycles. The summed E-state index contributed by atoms with van der Waals surface area (Å²) in [7, 11) is 0. The number of aliphatic hydroxyl groups excluding tert-OH is 1. The van der Waals surface area contributed by atoms with Crippen molar-refractivity contribution < 1.29 is 15.0 Å². The summed E-state index contributed by atoms with van der Waals surface area (Å²) in [5, 5.41) is 22.0. The number of nitrogens with one attached hydrogen (secondary N) is 1. The van der Waals surface area contributed by atoms with Crippen molar-refractivity contribution in [2.45, 2.75) is 44.1 Å². The fourth-order valence-electron chi connectivity index (χ4n) is 2.91. The molecule has 5 heteroatoms. The van der Waals surface area contributed by atoms with Crippen LogP contribution in [-0.2, 0) is 12.8 Å². The molecule has 0 radical (unpaired) electrons. The molecule has 1 aromatic rings. The summed E-state index contributed by atoms with van der Waals surface area (Å²) in [6.07, 6.45) is 5.64. The summed E-state index contributed by atoms with van der Waals surface area (Å²) in [5.41, 5.74) is 1.90. The first-order valence-electron chi connectivity index (χ1n) is 6.79. The standard InChI is InChI=1S/C14H18N2O3/c17-8-14(5-2-6-14)16-12-10(13(18)19)7-9-3-1-4-11(9)15-12/h7,17H,1-6,8H2,(H,15,16)(H,18,19). The lowest BCUT2D eigenvalue weighted by Gasteiger charge is -2.41. The van der Waals surface area contributed by atoms with Crippen molar-refractivity contribution in [3.05, 3.63) is 22.9 Å². The third-order valence-electron chi connectivity index (χ3n) is 4.28. The first-order chi connectivity index (χ1) is 9.13. The average molecular weight is 262 g/mol. The maximum Gasteiger partial charge on any atom is 0.339 e. The molecule has 1 heterocycles. The number of carbonyl (C=O) groups is 1. The molecule has 3 N–H and O–H groups in total. The molecule has 0 unspecified atom stereocenters. The molecule has 0 saturated heterocycles. The van der Waals surface area contributed by atoms with Gasteiger partial charge in [0.25, 0.3) is 0 Å². The third kappa shape index (κ3) is 2.08. The minimum Gasteiger partial charge on any atom is -0.478 e. The summed E-state index contributed by atoms with van der Waals surface area (Å²) in [6, 6.07) is 1.74. The third-order valence-corrected chi connectivity index (χ3v) is 4.28. The number of aromatic nitrogens is 1. The van der Waals surface area contributed by atoms with E-state index in [0.29, 0.717) is 5.82 Å². The van der Waals surface area contributed by atoms with Gasteiger partial charge in [-0.3, -0.25) is 0 Å². The molecule has 0 aromatic carbocycles. The van der Waals surface area contributed by atoms with E-state index in [4.69, 9.17) is 0 Å². The maximum absolute atomic E-state index is 11.4. The summed E-state index contributed by atoms with van der Waals surface area (Å²) in [4.78, 5) is 15.8. The van der Waals surface area contributed by atoms with Crippen LogP contribution in [0.4, 0.5) is 5.82 Å². The second-order valence-corrected chi connectivity index (χ2v) is 5.57. The van der Waals surface area contributed by atoms with Gasteiger partial charge in [-0.15, -0.1) is 0 Å². The van der Waals surface area contributed by atoms with Gasteiger partial charge >= 0.3 is 5.97 Å². The molecule has 0 spiro atoms. The number of carboxylic acid groups (broad SMARTS) is 1. The number of carboxylic acids is 1. The van der Waals surface area contributed by atoms with Crippen LogP contribution in [0.25, 0.3) is 0 Å². The molecule has 3 rings (SSSR count). The van der Waals surface area contributed by atoms with E-state index in [1.54, 1.807) is 6.07 Å². The fraction of sp³-hybridized carbons (Fsp3) is 0.571. The largest absolute Gasteiger partial charge is 0.478 e. The van der Waals surface area contributed by atoms with Gasteiger partial charge in [-0.2, -0.15) is 0 Å². The van der Waals surface area contributed by atoms with Crippen molar-refractivity contribution in [3.63, 3.8) is 0 Å². The van der Waals surface area contributed by atoms with E-state index in [0.717, 1.165) is 49.8 Å². The van der Waals surface area contributed by atoms with Crippen LogP contribution >= 0.6 is 0 Å². The molecule has 102 valence electrons.